The summed E-state index contributed by atoms with van der Waals surface area (Å²) in [6, 6.07) is 13.2. The largest absolute Gasteiger partial charge is 0.508 e. The maximum absolute atomic E-state index is 12.5. The number of hydrogen-bond donors (Lipinski definition) is 2. The molecule has 0 aliphatic heterocycles. The van der Waals surface area contributed by atoms with Gasteiger partial charge in [-0.25, -0.2) is 0 Å². The Morgan fingerprint density at radius 3 is 2.86 bits per heavy atom. The highest BCUT2D eigenvalue weighted by Crippen LogP contribution is 2.30. The zero-order valence-electron chi connectivity index (χ0n) is 12.1. The maximum Gasteiger partial charge on any atom is 0.252 e. The average Bonchev–Trinajstić information content (AvgIpc) is 2.47. The molecule has 2 aromatic rings. The highest BCUT2D eigenvalue weighted by Gasteiger charge is 2.22. The van der Waals surface area contributed by atoms with E-state index >= 15 is 0 Å². The molecule has 1 aliphatic rings. The minimum atomic E-state index is -0.0748. The van der Waals surface area contributed by atoms with Crippen LogP contribution in [0.15, 0.2) is 42.5 Å². The molecule has 1 atom stereocenters. The van der Waals surface area contributed by atoms with Gasteiger partial charge in [0.2, 0.25) is 0 Å². The molecule has 0 fully saturated rings. The number of amides is 1. The van der Waals surface area contributed by atoms with E-state index in [0.29, 0.717) is 5.56 Å². The number of phenolic OH excluding ortho intramolecular Hbond substituents is 1. The van der Waals surface area contributed by atoms with Crippen LogP contribution in [0.5, 0.6) is 5.75 Å². The van der Waals surface area contributed by atoms with Crippen LogP contribution in [-0.4, -0.2) is 11.0 Å². The summed E-state index contributed by atoms with van der Waals surface area (Å²) in [5, 5.41) is 12.6. The minimum absolute atomic E-state index is 0.0748. The van der Waals surface area contributed by atoms with Crippen LogP contribution in [-0.2, 0) is 6.42 Å². The fourth-order valence-corrected chi connectivity index (χ4v) is 3.04. The molecule has 3 rings (SSSR count). The number of benzene rings is 2. The summed E-state index contributed by atoms with van der Waals surface area (Å²) in [6.45, 7) is 1.84. The van der Waals surface area contributed by atoms with Crippen molar-refractivity contribution in [2.24, 2.45) is 0 Å². The first-order chi connectivity index (χ1) is 10.1. The number of nitrogens with one attached hydrogen (secondary N) is 1. The second-order valence-electron chi connectivity index (χ2n) is 5.62. The average molecular weight is 281 g/mol. The Kier molecular flexibility index (Phi) is 3.65. The van der Waals surface area contributed by atoms with Crippen LogP contribution in [0.1, 0.15) is 45.9 Å². The predicted molar refractivity (Wildman–Crippen MR) is 82.4 cm³/mol. The molecular weight excluding hydrogens is 262 g/mol. The summed E-state index contributed by atoms with van der Waals surface area (Å²) in [7, 11) is 0. The Bertz CT molecular complexity index is 679. The van der Waals surface area contributed by atoms with Crippen LogP contribution in [0, 0.1) is 6.92 Å². The number of hydrogen-bond acceptors (Lipinski definition) is 2. The van der Waals surface area contributed by atoms with Gasteiger partial charge in [-0.2, -0.15) is 0 Å². The van der Waals surface area contributed by atoms with Crippen molar-refractivity contribution >= 4 is 5.91 Å². The second-order valence-corrected chi connectivity index (χ2v) is 5.62. The number of carbonyl (C=O) groups excluding carboxylic acids is 1. The lowest BCUT2D eigenvalue weighted by Crippen LogP contribution is -2.31. The first-order valence-electron chi connectivity index (χ1n) is 7.33. The molecule has 2 aromatic carbocycles. The predicted octanol–water partition coefficient (Wildman–Crippen LogP) is 3.51. The third kappa shape index (κ3) is 2.77. The van der Waals surface area contributed by atoms with E-state index in [0.717, 1.165) is 24.8 Å². The van der Waals surface area contributed by atoms with E-state index in [2.05, 4.69) is 17.4 Å². The Hall–Kier alpha value is -2.29. The molecule has 0 aromatic heterocycles. The lowest BCUT2D eigenvalue weighted by molar-refractivity contribution is 0.0932. The fraction of sp³-hybridized carbons (Fsp3) is 0.278. The first kappa shape index (κ1) is 13.7. The van der Waals surface area contributed by atoms with Crippen LogP contribution in [0.2, 0.25) is 0 Å². The Morgan fingerprint density at radius 2 is 2.05 bits per heavy atom. The Morgan fingerprint density at radius 1 is 1.24 bits per heavy atom. The third-order valence-corrected chi connectivity index (χ3v) is 4.13. The van der Waals surface area contributed by atoms with Crippen LogP contribution in [0.25, 0.3) is 0 Å². The zero-order chi connectivity index (χ0) is 14.8. The lowest BCUT2D eigenvalue weighted by atomic mass is 9.87. The van der Waals surface area contributed by atoms with Gasteiger partial charge in [-0.15, -0.1) is 0 Å². The van der Waals surface area contributed by atoms with E-state index in [9.17, 15) is 9.90 Å². The quantitative estimate of drug-likeness (QED) is 0.885. The number of carbonyl (C=O) groups is 1. The van der Waals surface area contributed by atoms with Crippen molar-refractivity contribution in [2.75, 3.05) is 0 Å². The van der Waals surface area contributed by atoms with Crippen molar-refractivity contribution in [3.8, 4) is 5.75 Å². The van der Waals surface area contributed by atoms with Gasteiger partial charge in [0.15, 0.2) is 0 Å². The molecule has 0 heterocycles. The third-order valence-electron chi connectivity index (χ3n) is 4.13. The number of rotatable bonds is 2. The topological polar surface area (TPSA) is 49.3 Å². The van der Waals surface area contributed by atoms with E-state index in [1.165, 1.54) is 11.1 Å². The van der Waals surface area contributed by atoms with Crippen LogP contribution < -0.4 is 5.32 Å². The Labute approximate surface area is 124 Å². The van der Waals surface area contributed by atoms with Crippen molar-refractivity contribution in [3.63, 3.8) is 0 Å². The molecule has 1 amide bonds. The van der Waals surface area contributed by atoms with Crippen molar-refractivity contribution in [1.82, 2.24) is 5.32 Å². The van der Waals surface area contributed by atoms with Crippen LogP contribution >= 0.6 is 0 Å². The van der Waals surface area contributed by atoms with E-state index in [-0.39, 0.29) is 17.7 Å². The van der Waals surface area contributed by atoms with E-state index in [1.807, 2.05) is 19.1 Å². The van der Waals surface area contributed by atoms with Gasteiger partial charge in [0.1, 0.15) is 5.75 Å². The second kappa shape index (κ2) is 5.60. The molecule has 0 radical (unpaired) electrons. The smallest absolute Gasteiger partial charge is 0.252 e. The summed E-state index contributed by atoms with van der Waals surface area (Å²) >= 11 is 0. The molecule has 108 valence electrons. The molecule has 21 heavy (non-hydrogen) atoms. The van der Waals surface area contributed by atoms with E-state index < -0.39 is 0 Å². The summed E-state index contributed by atoms with van der Waals surface area (Å²) < 4.78 is 0. The molecular formula is C18H19NO2. The Balaban J connectivity index is 1.83. The molecule has 3 heteroatoms. The van der Waals surface area contributed by atoms with E-state index in [4.69, 9.17) is 0 Å². The van der Waals surface area contributed by atoms with Gasteiger partial charge in [-0.1, -0.05) is 24.3 Å². The summed E-state index contributed by atoms with van der Waals surface area (Å²) in [5.41, 5.74) is 3.97. The van der Waals surface area contributed by atoms with Crippen molar-refractivity contribution in [2.45, 2.75) is 32.2 Å². The van der Waals surface area contributed by atoms with Crippen LogP contribution in [0.4, 0.5) is 0 Å². The fourth-order valence-electron chi connectivity index (χ4n) is 3.04. The van der Waals surface area contributed by atoms with Crippen molar-refractivity contribution in [3.05, 3.63) is 64.7 Å². The number of phenols is 1. The summed E-state index contributed by atoms with van der Waals surface area (Å²) in [6.07, 6.45) is 3.15. The van der Waals surface area contributed by atoms with Gasteiger partial charge in [-0.3, -0.25) is 4.79 Å². The monoisotopic (exact) mass is 281 g/mol. The summed E-state index contributed by atoms with van der Waals surface area (Å²) in [4.78, 5) is 12.5. The van der Waals surface area contributed by atoms with Gasteiger partial charge < -0.3 is 10.4 Å². The molecule has 0 saturated carbocycles. The van der Waals surface area contributed by atoms with Gasteiger partial charge in [0.05, 0.1) is 6.04 Å². The van der Waals surface area contributed by atoms with Gasteiger partial charge >= 0.3 is 0 Å². The summed E-state index contributed by atoms with van der Waals surface area (Å²) in [5.74, 6) is 0.112. The normalized spacial score (nSPS) is 17.1. The van der Waals surface area contributed by atoms with Crippen LogP contribution in [0.3, 0.4) is 0 Å². The van der Waals surface area contributed by atoms with Gasteiger partial charge in [0, 0.05) is 5.56 Å². The van der Waals surface area contributed by atoms with E-state index in [1.54, 1.807) is 18.2 Å². The number of aromatic hydroxyl groups is 1. The number of aryl methyl sites for hydroxylation is 2. The molecule has 0 bridgehead atoms. The molecule has 0 saturated heterocycles. The molecule has 1 unspecified atom stereocenters. The lowest BCUT2D eigenvalue weighted by Gasteiger charge is -2.26. The highest BCUT2D eigenvalue weighted by molar-refractivity contribution is 5.96. The molecule has 0 spiro atoms. The molecule has 2 N–H and O–H groups in total. The zero-order valence-corrected chi connectivity index (χ0v) is 12.1. The number of fused-ring (bicyclic) bond motifs is 1. The molecule has 1 aliphatic carbocycles. The minimum Gasteiger partial charge on any atom is -0.508 e. The SMILES string of the molecule is Cc1cc(O)ccc1C(=O)NC1CCCc2ccccc21. The van der Waals surface area contributed by atoms with Gasteiger partial charge in [0.25, 0.3) is 5.91 Å². The highest BCUT2D eigenvalue weighted by atomic mass is 16.3. The first-order valence-corrected chi connectivity index (χ1v) is 7.33. The van der Waals surface area contributed by atoms with Gasteiger partial charge in [-0.05, 0) is 61.1 Å². The maximum atomic E-state index is 12.5. The molecule has 3 nitrogen and oxygen atoms in total. The van der Waals surface area contributed by atoms with Crippen molar-refractivity contribution < 1.29 is 9.90 Å². The van der Waals surface area contributed by atoms with Crippen molar-refractivity contribution in [1.29, 1.82) is 0 Å². The standard InChI is InChI=1S/C18H19NO2/c1-12-11-14(20)9-10-15(12)18(21)19-17-8-4-6-13-5-2-3-7-16(13)17/h2-3,5,7,9-11,17,20H,4,6,8H2,1H3,(H,19,21).